The van der Waals surface area contributed by atoms with E-state index in [4.69, 9.17) is 0 Å². The number of carbonyl (C=O) groups excluding carboxylic acids is 1. The molecule has 0 aromatic heterocycles. The van der Waals surface area contributed by atoms with Crippen molar-refractivity contribution in [3.63, 3.8) is 0 Å². The highest BCUT2D eigenvalue weighted by Gasteiger charge is 2.11. The summed E-state index contributed by atoms with van der Waals surface area (Å²) in [4.78, 5) is 13.3. The molecule has 0 saturated heterocycles. The molecular formula is C12H18N2O. The van der Waals surface area contributed by atoms with Crippen LogP contribution in [0.25, 0.3) is 0 Å². The van der Waals surface area contributed by atoms with Crippen LogP contribution in [0.15, 0.2) is 50.2 Å². The quantitative estimate of drug-likeness (QED) is 0.482. The maximum absolute atomic E-state index is 11.5. The molecule has 0 bridgehead atoms. The van der Waals surface area contributed by atoms with Crippen LogP contribution in [0, 0.1) is 0 Å². The molecule has 3 heteroatoms. The zero-order valence-electron chi connectivity index (χ0n) is 9.04. The van der Waals surface area contributed by atoms with Gasteiger partial charge >= 0.3 is 0 Å². The molecule has 0 unspecified atom stereocenters. The molecule has 0 saturated carbocycles. The molecule has 1 N–H and O–H groups in total. The zero-order chi connectivity index (χ0) is 11.7. The van der Waals surface area contributed by atoms with Crippen LogP contribution in [0.4, 0.5) is 0 Å². The number of nitrogens with zero attached hydrogens (tertiary/aromatic N) is 1. The fourth-order valence-electron chi connectivity index (χ4n) is 1.02. The number of amides is 1. The fourth-order valence-corrected chi connectivity index (χ4v) is 1.02. The summed E-state index contributed by atoms with van der Waals surface area (Å²) < 4.78 is 0. The van der Waals surface area contributed by atoms with Crippen molar-refractivity contribution in [2.75, 3.05) is 19.6 Å². The Bertz CT molecular complexity index is 259. The lowest BCUT2D eigenvalue weighted by Crippen LogP contribution is -2.34. The first-order chi connectivity index (χ1) is 7.17. The second-order valence-electron chi connectivity index (χ2n) is 2.93. The van der Waals surface area contributed by atoms with Crippen molar-refractivity contribution in [2.45, 2.75) is 0 Å². The molecule has 0 rings (SSSR count). The summed E-state index contributed by atoms with van der Waals surface area (Å²) >= 11 is 0. The molecule has 0 heterocycles. The highest BCUT2D eigenvalue weighted by atomic mass is 16.2. The van der Waals surface area contributed by atoms with Crippen molar-refractivity contribution >= 4 is 5.91 Å². The van der Waals surface area contributed by atoms with Crippen LogP contribution in [-0.2, 0) is 4.79 Å². The predicted octanol–water partition coefficient (Wildman–Crippen LogP) is 1.48. The Labute approximate surface area is 91.5 Å². The van der Waals surface area contributed by atoms with Crippen molar-refractivity contribution in [2.24, 2.45) is 0 Å². The molecule has 0 aliphatic heterocycles. The van der Waals surface area contributed by atoms with E-state index in [0.717, 1.165) is 0 Å². The van der Waals surface area contributed by atoms with Gasteiger partial charge in [-0.15, -0.1) is 19.7 Å². The summed E-state index contributed by atoms with van der Waals surface area (Å²) in [5.41, 5.74) is 0.414. The lowest BCUT2D eigenvalue weighted by Gasteiger charge is -2.22. The molecule has 0 aliphatic rings. The Morgan fingerprint density at radius 1 is 1.13 bits per heavy atom. The monoisotopic (exact) mass is 206 g/mol. The maximum Gasteiger partial charge on any atom is 0.267 e. The van der Waals surface area contributed by atoms with E-state index in [1.807, 2.05) is 0 Å². The summed E-state index contributed by atoms with van der Waals surface area (Å²) in [5, 5.41) is 2.66. The maximum atomic E-state index is 11.5. The van der Waals surface area contributed by atoms with Crippen LogP contribution < -0.4 is 5.32 Å². The minimum absolute atomic E-state index is 0.196. The first kappa shape index (κ1) is 13.2. The molecular weight excluding hydrogens is 188 g/mol. The summed E-state index contributed by atoms with van der Waals surface area (Å²) in [6, 6.07) is 0. The summed E-state index contributed by atoms with van der Waals surface area (Å²) in [6.45, 7) is 16.1. The van der Waals surface area contributed by atoms with E-state index in [0.29, 0.717) is 25.3 Å². The largest absolute Gasteiger partial charge is 0.360 e. The van der Waals surface area contributed by atoms with E-state index in [-0.39, 0.29) is 5.91 Å². The molecule has 0 atom stereocenters. The van der Waals surface area contributed by atoms with Gasteiger partial charge in [0, 0.05) is 19.6 Å². The third-order valence-electron chi connectivity index (χ3n) is 1.75. The van der Waals surface area contributed by atoms with Gasteiger partial charge in [0.05, 0.1) is 5.70 Å². The summed E-state index contributed by atoms with van der Waals surface area (Å²) in [7, 11) is 0. The minimum atomic E-state index is -0.196. The molecule has 0 fully saturated rings. The summed E-state index contributed by atoms with van der Waals surface area (Å²) in [6.07, 6.45) is 5.06. The second-order valence-corrected chi connectivity index (χ2v) is 2.93. The Kier molecular flexibility index (Phi) is 6.72. The number of hydrogen-bond donors (Lipinski definition) is 1. The van der Waals surface area contributed by atoms with Crippen LogP contribution in [0.3, 0.4) is 0 Å². The zero-order valence-corrected chi connectivity index (χ0v) is 9.04. The summed E-state index contributed by atoms with van der Waals surface area (Å²) in [5.74, 6) is -0.196. The van der Waals surface area contributed by atoms with E-state index < -0.39 is 0 Å². The van der Waals surface area contributed by atoms with Gasteiger partial charge in [-0.2, -0.15) is 0 Å². The highest BCUT2D eigenvalue weighted by Crippen LogP contribution is 2.01. The van der Waals surface area contributed by atoms with Gasteiger partial charge in [-0.05, 0) is 0 Å². The van der Waals surface area contributed by atoms with Gasteiger partial charge in [-0.1, -0.05) is 24.8 Å². The molecule has 0 aromatic carbocycles. The SMILES string of the molecule is C=CCNC(=O)C(=C)N(CC=C)CC=C. The predicted molar refractivity (Wildman–Crippen MR) is 64.3 cm³/mol. The molecule has 3 nitrogen and oxygen atoms in total. The molecule has 15 heavy (non-hydrogen) atoms. The Hall–Kier alpha value is -1.77. The number of carbonyl (C=O) groups is 1. The Balaban J connectivity index is 4.33. The van der Waals surface area contributed by atoms with Crippen LogP contribution in [-0.4, -0.2) is 30.4 Å². The molecule has 0 spiro atoms. The van der Waals surface area contributed by atoms with Gasteiger partial charge in [0.2, 0.25) is 0 Å². The average Bonchev–Trinajstić information content (AvgIpc) is 2.24. The van der Waals surface area contributed by atoms with Gasteiger partial charge in [0.1, 0.15) is 0 Å². The van der Waals surface area contributed by atoms with Crippen molar-refractivity contribution in [1.29, 1.82) is 0 Å². The molecule has 0 radical (unpaired) electrons. The van der Waals surface area contributed by atoms with Gasteiger partial charge in [0.15, 0.2) is 0 Å². The van der Waals surface area contributed by atoms with Crippen molar-refractivity contribution in [3.05, 3.63) is 50.2 Å². The standard InChI is InChI=1S/C12H18N2O/c1-5-8-13-12(15)11(4)14(9-6-2)10-7-3/h5-7H,1-4,8-10H2,(H,13,15). The third-order valence-corrected chi connectivity index (χ3v) is 1.75. The normalized spacial score (nSPS) is 8.80. The van der Waals surface area contributed by atoms with Gasteiger partial charge in [0.25, 0.3) is 5.91 Å². The van der Waals surface area contributed by atoms with Crippen LogP contribution in [0.5, 0.6) is 0 Å². The van der Waals surface area contributed by atoms with Gasteiger partial charge in [-0.25, -0.2) is 0 Å². The van der Waals surface area contributed by atoms with E-state index in [1.54, 1.807) is 23.1 Å². The Morgan fingerprint density at radius 2 is 1.67 bits per heavy atom. The number of rotatable bonds is 8. The second kappa shape index (κ2) is 7.62. The van der Waals surface area contributed by atoms with Crippen LogP contribution in [0.2, 0.25) is 0 Å². The van der Waals surface area contributed by atoms with Crippen LogP contribution in [0.1, 0.15) is 0 Å². The average molecular weight is 206 g/mol. The molecule has 0 aliphatic carbocycles. The number of nitrogens with one attached hydrogen (secondary N) is 1. The fraction of sp³-hybridized carbons (Fsp3) is 0.250. The lowest BCUT2D eigenvalue weighted by molar-refractivity contribution is -0.118. The van der Waals surface area contributed by atoms with Gasteiger partial charge < -0.3 is 10.2 Å². The third kappa shape index (κ3) is 4.86. The first-order valence-electron chi connectivity index (χ1n) is 4.72. The van der Waals surface area contributed by atoms with Gasteiger partial charge in [-0.3, -0.25) is 4.79 Å². The van der Waals surface area contributed by atoms with E-state index in [1.165, 1.54) is 0 Å². The molecule has 1 amide bonds. The van der Waals surface area contributed by atoms with Crippen molar-refractivity contribution in [1.82, 2.24) is 10.2 Å². The first-order valence-corrected chi connectivity index (χ1v) is 4.72. The topological polar surface area (TPSA) is 32.3 Å². The van der Waals surface area contributed by atoms with Crippen molar-refractivity contribution < 1.29 is 4.79 Å². The smallest absolute Gasteiger partial charge is 0.267 e. The minimum Gasteiger partial charge on any atom is -0.360 e. The lowest BCUT2D eigenvalue weighted by atomic mass is 10.3. The Morgan fingerprint density at radius 3 is 2.07 bits per heavy atom. The highest BCUT2D eigenvalue weighted by molar-refractivity contribution is 5.92. The van der Waals surface area contributed by atoms with E-state index >= 15 is 0 Å². The van der Waals surface area contributed by atoms with Crippen LogP contribution >= 0.6 is 0 Å². The van der Waals surface area contributed by atoms with Crippen molar-refractivity contribution in [3.8, 4) is 0 Å². The van der Waals surface area contributed by atoms with E-state index in [9.17, 15) is 4.79 Å². The molecule has 82 valence electrons. The molecule has 0 aromatic rings. The number of hydrogen-bond acceptors (Lipinski definition) is 2. The van der Waals surface area contributed by atoms with E-state index in [2.05, 4.69) is 31.6 Å².